The molecular formula is C31H34N8O3. The molecule has 2 atom stereocenters. The summed E-state index contributed by atoms with van der Waals surface area (Å²) in [5, 5.41) is 14.9. The molecule has 3 aromatic carbocycles. The Morgan fingerprint density at radius 1 is 1.02 bits per heavy atom. The molecule has 0 bridgehead atoms. The zero-order chi connectivity index (χ0) is 30.0. The summed E-state index contributed by atoms with van der Waals surface area (Å²) in [5.74, 6) is -1.03. The predicted molar refractivity (Wildman–Crippen MR) is 159 cm³/mol. The van der Waals surface area contributed by atoms with E-state index in [4.69, 9.17) is 5.73 Å². The number of benzene rings is 3. The number of urea groups is 1. The normalized spacial score (nSPS) is 16.9. The number of aryl methyl sites for hydroxylation is 1. The smallest absolute Gasteiger partial charge is 0.320 e. The van der Waals surface area contributed by atoms with Gasteiger partial charge in [0.15, 0.2) is 6.33 Å². The van der Waals surface area contributed by atoms with Gasteiger partial charge in [0.1, 0.15) is 18.3 Å². The van der Waals surface area contributed by atoms with Crippen LogP contribution in [0.3, 0.4) is 0 Å². The van der Waals surface area contributed by atoms with Gasteiger partial charge in [-0.15, -0.1) is 15.0 Å². The predicted octanol–water partition coefficient (Wildman–Crippen LogP) is 3.71. The van der Waals surface area contributed by atoms with Crippen LogP contribution >= 0.6 is 0 Å². The van der Waals surface area contributed by atoms with Gasteiger partial charge in [0.2, 0.25) is 5.91 Å². The zero-order valence-corrected chi connectivity index (χ0v) is 24.1. The second kappa shape index (κ2) is 11.4. The molecule has 42 heavy (non-hydrogen) atoms. The summed E-state index contributed by atoms with van der Waals surface area (Å²) in [6.45, 7) is 7.35. The number of carbonyl (C=O) groups excluding carboxylic acids is 3. The summed E-state index contributed by atoms with van der Waals surface area (Å²) >= 11 is 0. The summed E-state index contributed by atoms with van der Waals surface area (Å²) in [5.41, 5.74) is 9.71. The number of nitrogens with one attached hydrogen (secondary N) is 1. The van der Waals surface area contributed by atoms with E-state index in [0.717, 1.165) is 16.7 Å². The summed E-state index contributed by atoms with van der Waals surface area (Å²) < 4.78 is 0. The quantitative estimate of drug-likeness (QED) is 0.365. The van der Waals surface area contributed by atoms with Crippen LogP contribution in [0.25, 0.3) is 5.69 Å². The highest BCUT2D eigenvalue weighted by Crippen LogP contribution is 2.42. The lowest BCUT2D eigenvalue weighted by molar-refractivity contribution is -0.125. The Hall–Kier alpha value is -5.06. The van der Waals surface area contributed by atoms with Crippen molar-refractivity contribution < 1.29 is 14.4 Å². The third kappa shape index (κ3) is 5.85. The number of fused-ring (bicyclic) bond motifs is 1. The van der Waals surface area contributed by atoms with Gasteiger partial charge in [0, 0.05) is 17.1 Å². The molecule has 216 valence electrons. The molecule has 0 spiro atoms. The lowest BCUT2D eigenvalue weighted by Gasteiger charge is -2.33. The molecule has 0 radical (unpaired) electrons. The lowest BCUT2D eigenvalue weighted by atomic mass is 9.85. The number of carbonyl (C=O) groups is 3. The van der Waals surface area contributed by atoms with E-state index in [-0.39, 0.29) is 24.8 Å². The maximum atomic E-state index is 14.7. The van der Waals surface area contributed by atoms with E-state index in [2.05, 4.69) is 20.7 Å². The van der Waals surface area contributed by atoms with Crippen LogP contribution in [0.4, 0.5) is 16.2 Å². The Balaban J connectivity index is 1.70. The number of aromatic nitrogens is 4. The Labute approximate surface area is 244 Å². The number of hydrogen-bond donors (Lipinski definition) is 2. The second-order valence-corrected chi connectivity index (χ2v) is 11.4. The minimum absolute atomic E-state index is 0.221. The molecule has 0 aliphatic carbocycles. The number of nitrogens with zero attached hydrogens (tertiary/aromatic N) is 6. The van der Waals surface area contributed by atoms with Crippen molar-refractivity contribution in [2.45, 2.75) is 51.6 Å². The first-order valence-corrected chi connectivity index (χ1v) is 13.7. The highest BCUT2D eigenvalue weighted by Gasteiger charge is 2.42. The van der Waals surface area contributed by atoms with Crippen molar-refractivity contribution in [2.24, 2.45) is 5.73 Å². The van der Waals surface area contributed by atoms with Crippen LogP contribution in [0.2, 0.25) is 0 Å². The van der Waals surface area contributed by atoms with E-state index in [9.17, 15) is 14.4 Å². The Kier molecular flexibility index (Phi) is 7.75. The molecule has 0 fully saturated rings. The number of rotatable bonds is 6. The van der Waals surface area contributed by atoms with Crippen LogP contribution in [0.5, 0.6) is 0 Å². The van der Waals surface area contributed by atoms with Gasteiger partial charge < -0.3 is 16.0 Å². The van der Waals surface area contributed by atoms with Crippen LogP contribution in [0.15, 0.2) is 79.1 Å². The summed E-state index contributed by atoms with van der Waals surface area (Å²) in [7, 11) is 0. The van der Waals surface area contributed by atoms with Crippen LogP contribution in [-0.2, 0) is 9.59 Å². The fourth-order valence-corrected chi connectivity index (χ4v) is 5.47. The van der Waals surface area contributed by atoms with E-state index in [1.54, 1.807) is 24.3 Å². The molecule has 0 saturated carbocycles. The van der Waals surface area contributed by atoms with Crippen LogP contribution < -0.4 is 20.9 Å². The number of nitrogens with two attached hydrogens (primary N) is 1. The monoisotopic (exact) mass is 566 g/mol. The maximum absolute atomic E-state index is 14.7. The van der Waals surface area contributed by atoms with E-state index in [1.807, 2.05) is 76.2 Å². The zero-order valence-electron chi connectivity index (χ0n) is 24.1. The van der Waals surface area contributed by atoms with Gasteiger partial charge in [-0.1, -0.05) is 54.6 Å². The van der Waals surface area contributed by atoms with Crippen molar-refractivity contribution in [3.05, 3.63) is 95.8 Å². The Morgan fingerprint density at radius 3 is 2.40 bits per heavy atom. The first-order chi connectivity index (χ1) is 20.0. The molecule has 2 heterocycles. The number of primary amides is 1. The lowest BCUT2D eigenvalue weighted by Crippen LogP contribution is -2.55. The second-order valence-electron chi connectivity index (χ2n) is 11.4. The van der Waals surface area contributed by atoms with Crippen molar-refractivity contribution in [3.8, 4) is 5.69 Å². The van der Waals surface area contributed by atoms with E-state index in [0.29, 0.717) is 17.1 Å². The molecule has 0 saturated heterocycles. The first kappa shape index (κ1) is 28.5. The van der Waals surface area contributed by atoms with Crippen molar-refractivity contribution >= 4 is 29.2 Å². The van der Waals surface area contributed by atoms with Gasteiger partial charge in [-0.3, -0.25) is 14.5 Å². The molecule has 1 aromatic heterocycles. The van der Waals surface area contributed by atoms with Crippen LogP contribution in [0.1, 0.15) is 49.8 Å². The highest BCUT2D eigenvalue weighted by molar-refractivity contribution is 6.09. The van der Waals surface area contributed by atoms with E-state index in [1.165, 1.54) is 20.9 Å². The fraction of sp³-hybridized carbons (Fsp3) is 0.290. The van der Waals surface area contributed by atoms with Gasteiger partial charge in [0.05, 0.1) is 5.69 Å². The summed E-state index contributed by atoms with van der Waals surface area (Å²) in [4.78, 5) is 45.3. The molecular weight excluding hydrogens is 532 g/mol. The summed E-state index contributed by atoms with van der Waals surface area (Å²) in [6.07, 6.45) is 1.50. The molecule has 1 aliphatic rings. The third-order valence-corrected chi connectivity index (χ3v) is 7.14. The van der Waals surface area contributed by atoms with E-state index >= 15 is 0 Å². The van der Waals surface area contributed by atoms with Crippen molar-refractivity contribution in [1.29, 1.82) is 0 Å². The largest absolute Gasteiger partial charge is 0.351 e. The number of anilines is 2. The molecule has 1 aliphatic heterocycles. The van der Waals surface area contributed by atoms with Gasteiger partial charge in [-0.2, -0.15) is 0 Å². The van der Waals surface area contributed by atoms with Gasteiger partial charge >= 0.3 is 6.03 Å². The minimum atomic E-state index is -1.06. The van der Waals surface area contributed by atoms with Crippen LogP contribution in [0, 0.1) is 6.92 Å². The van der Waals surface area contributed by atoms with Crippen molar-refractivity contribution in [1.82, 2.24) is 25.5 Å². The molecule has 11 nitrogen and oxygen atoms in total. The van der Waals surface area contributed by atoms with E-state index < -0.39 is 23.5 Å². The molecule has 4 aromatic rings. The average Bonchev–Trinajstić information content (AvgIpc) is 3.45. The first-order valence-electron chi connectivity index (χ1n) is 13.7. The SMILES string of the molecule is Cc1ccc2c(c1)N(CC(=O)NC(C)(C)C)C(=O)C(N(C(N)=O)c1ccccc1-n1ncnn1)CC2c1ccccc1. The molecule has 4 amide bonds. The third-order valence-electron chi connectivity index (χ3n) is 7.14. The molecule has 11 heteroatoms. The van der Waals surface area contributed by atoms with Gasteiger partial charge in [-0.05, 0) is 74.2 Å². The maximum Gasteiger partial charge on any atom is 0.320 e. The topological polar surface area (TPSA) is 139 Å². The van der Waals surface area contributed by atoms with Gasteiger partial charge in [-0.25, -0.2) is 4.79 Å². The van der Waals surface area contributed by atoms with Crippen molar-refractivity contribution in [2.75, 3.05) is 16.3 Å². The summed E-state index contributed by atoms with van der Waals surface area (Å²) in [6, 6.07) is 20.7. The molecule has 2 unspecified atom stereocenters. The Bertz CT molecular complexity index is 1600. The number of tetrazole rings is 1. The highest BCUT2D eigenvalue weighted by atomic mass is 16.2. The average molecular weight is 567 g/mol. The van der Waals surface area contributed by atoms with Crippen molar-refractivity contribution in [3.63, 3.8) is 0 Å². The molecule has 5 rings (SSSR count). The number of para-hydroxylation sites is 2. The number of hydrogen-bond acceptors (Lipinski definition) is 6. The fourth-order valence-electron chi connectivity index (χ4n) is 5.47. The Morgan fingerprint density at radius 2 is 1.74 bits per heavy atom. The van der Waals surface area contributed by atoms with Gasteiger partial charge in [0.25, 0.3) is 5.91 Å². The molecule has 3 N–H and O–H groups in total. The standard InChI is InChI=1S/C31H34N8O3/c1-20-14-15-22-23(21-10-6-5-7-11-21)17-27(29(41)37(26(22)16-20)18-28(40)35-31(2,3)4)38(30(32)42)24-12-8-9-13-25(24)39-34-19-33-36-39/h5-16,19,23,27H,17-18H2,1-4H3,(H2,32,42)(H,35,40). The number of amides is 4. The van der Waals surface area contributed by atoms with Crippen LogP contribution in [-0.4, -0.2) is 56.2 Å². The minimum Gasteiger partial charge on any atom is -0.351 e.